The molecule has 4 rings (SSSR count). The molecule has 0 radical (unpaired) electrons. The first kappa shape index (κ1) is 17.9. The molecule has 4 heteroatoms. The van der Waals surface area contributed by atoms with Crippen LogP contribution in [-0.4, -0.2) is 25.7 Å². The van der Waals surface area contributed by atoms with Crippen molar-refractivity contribution in [3.63, 3.8) is 0 Å². The summed E-state index contributed by atoms with van der Waals surface area (Å²) in [7, 11) is 3.48. The summed E-state index contributed by atoms with van der Waals surface area (Å²) in [6.07, 6.45) is 4.67. The lowest BCUT2D eigenvalue weighted by Crippen LogP contribution is -2.33. The highest BCUT2D eigenvalue weighted by Gasteiger charge is 2.33. The van der Waals surface area contributed by atoms with Gasteiger partial charge >= 0.3 is 0 Å². The predicted octanol–water partition coefficient (Wildman–Crippen LogP) is 5.01. The predicted molar refractivity (Wildman–Crippen MR) is 108 cm³/mol. The Labute approximate surface area is 160 Å². The molecule has 0 N–H and O–H groups in total. The van der Waals surface area contributed by atoms with E-state index in [9.17, 15) is 0 Å². The molecule has 140 valence electrons. The van der Waals surface area contributed by atoms with E-state index in [0.717, 1.165) is 36.9 Å². The molecule has 3 nitrogen and oxygen atoms in total. The SMILES string of the molecule is COc1ccc2c(c1OC)CN1CCc3sc(CC(C)C)cc3[C@@H]1CC2. The van der Waals surface area contributed by atoms with Crippen LogP contribution in [0.3, 0.4) is 0 Å². The number of fused-ring (bicyclic) bond motifs is 4. The molecule has 1 atom stereocenters. The number of hydrogen-bond acceptors (Lipinski definition) is 4. The van der Waals surface area contributed by atoms with Gasteiger partial charge in [-0.15, -0.1) is 11.3 Å². The number of rotatable bonds is 4. The number of hydrogen-bond donors (Lipinski definition) is 0. The highest BCUT2D eigenvalue weighted by Crippen LogP contribution is 2.44. The third kappa shape index (κ3) is 3.14. The Morgan fingerprint density at radius 2 is 2.04 bits per heavy atom. The normalized spacial score (nSPS) is 19.5. The molecule has 26 heavy (non-hydrogen) atoms. The summed E-state index contributed by atoms with van der Waals surface area (Å²) in [6.45, 7) is 6.72. The van der Waals surface area contributed by atoms with E-state index in [-0.39, 0.29) is 0 Å². The summed E-state index contributed by atoms with van der Waals surface area (Å²) < 4.78 is 11.3. The molecule has 1 aromatic heterocycles. The lowest BCUT2D eigenvalue weighted by Gasteiger charge is -2.34. The molecule has 2 aliphatic heterocycles. The van der Waals surface area contributed by atoms with Gasteiger partial charge in [-0.2, -0.15) is 0 Å². The average molecular weight is 372 g/mol. The van der Waals surface area contributed by atoms with Crippen LogP contribution in [0.25, 0.3) is 0 Å². The van der Waals surface area contributed by atoms with E-state index in [0.29, 0.717) is 6.04 Å². The topological polar surface area (TPSA) is 21.7 Å². The lowest BCUT2D eigenvalue weighted by molar-refractivity contribution is 0.173. The number of aryl methyl sites for hydroxylation is 1. The molecule has 0 amide bonds. The fraction of sp³-hybridized carbons (Fsp3) is 0.545. The van der Waals surface area contributed by atoms with Crippen molar-refractivity contribution in [2.45, 2.75) is 52.1 Å². The zero-order valence-corrected chi connectivity index (χ0v) is 17.1. The Bertz CT molecular complexity index is 796. The Hall–Kier alpha value is -1.52. The van der Waals surface area contributed by atoms with Gasteiger partial charge in [0.1, 0.15) is 0 Å². The minimum atomic E-state index is 0.541. The van der Waals surface area contributed by atoms with E-state index >= 15 is 0 Å². The zero-order valence-electron chi connectivity index (χ0n) is 16.3. The second-order valence-corrected chi connectivity index (χ2v) is 9.12. The molecule has 0 saturated carbocycles. The second-order valence-electron chi connectivity index (χ2n) is 7.90. The van der Waals surface area contributed by atoms with Gasteiger partial charge in [-0.05, 0) is 54.9 Å². The molecular formula is C22H29NO2S. The lowest BCUT2D eigenvalue weighted by atomic mass is 9.95. The Kier molecular flexibility index (Phi) is 4.98. The van der Waals surface area contributed by atoms with Crippen LogP contribution in [0.15, 0.2) is 18.2 Å². The fourth-order valence-electron chi connectivity index (χ4n) is 4.54. The van der Waals surface area contributed by atoms with Crippen molar-refractivity contribution >= 4 is 11.3 Å². The van der Waals surface area contributed by atoms with Gasteiger partial charge in [0.25, 0.3) is 0 Å². The molecule has 1 aromatic carbocycles. The molecule has 0 aliphatic carbocycles. The molecule has 2 aromatic rings. The van der Waals surface area contributed by atoms with Crippen LogP contribution in [0.1, 0.15) is 52.8 Å². The number of methoxy groups -OCH3 is 2. The van der Waals surface area contributed by atoms with Crippen molar-refractivity contribution in [2.24, 2.45) is 5.92 Å². The van der Waals surface area contributed by atoms with Crippen molar-refractivity contribution < 1.29 is 9.47 Å². The minimum absolute atomic E-state index is 0.541. The van der Waals surface area contributed by atoms with Gasteiger partial charge in [0.05, 0.1) is 14.2 Å². The second kappa shape index (κ2) is 7.24. The molecular weight excluding hydrogens is 342 g/mol. The van der Waals surface area contributed by atoms with Crippen molar-refractivity contribution in [2.75, 3.05) is 20.8 Å². The summed E-state index contributed by atoms with van der Waals surface area (Å²) in [6, 6.07) is 7.33. The van der Waals surface area contributed by atoms with E-state index in [1.165, 1.54) is 30.4 Å². The molecule has 0 fully saturated rings. The van der Waals surface area contributed by atoms with Gasteiger partial charge in [-0.3, -0.25) is 4.90 Å². The number of ether oxygens (including phenoxy) is 2. The molecule has 3 heterocycles. The zero-order chi connectivity index (χ0) is 18.3. The van der Waals surface area contributed by atoms with E-state index in [4.69, 9.17) is 9.47 Å². The van der Waals surface area contributed by atoms with Gasteiger partial charge in [0.2, 0.25) is 0 Å². The maximum absolute atomic E-state index is 5.74. The van der Waals surface area contributed by atoms with E-state index in [1.54, 1.807) is 29.5 Å². The summed E-state index contributed by atoms with van der Waals surface area (Å²) in [5.41, 5.74) is 4.32. The van der Waals surface area contributed by atoms with Crippen LogP contribution < -0.4 is 9.47 Å². The maximum Gasteiger partial charge on any atom is 0.165 e. The van der Waals surface area contributed by atoms with Gasteiger partial charge in [0.15, 0.2) is 11.5 Å². The first-order chi connectivity index (χ1) is 12.6. The smallest absolute Gasteiger partial charge is 0.165 e. The highest BCUT2D eigenvalue weighted by molar-refractivity contribution is 7.12. The summed E-state index contributed by atoms with van der Waals surface area (Å²) >= 11 is 2.05. The van der Waals surface area contributed by atoms with Crippen molar-refractivity contribution in [3.05, 3.63) is 44.6 Å². The minimum Gasteiger partial charge on any atom is -0.493 e. The van der Waals surface area contributed by atoms with Crippen molar-refractivity contribution in [3.8, 4) is 11.5 Å². The van der Waals surface area contributed by atoms with Crippen LogP contribution in [-0.2, 0) is 25.8 Å². The molecule has 0 spiro atoms. The van der Waals surface area contributed by atoms with Gasteiger partial charge in [-0.1, -0.05) is 19.9 Å². The first-order valence-corrected chi connectivity index (χ1v) is 10.5. The largest absolute Gasteiger partial charge is 0.493 e. The molecule has 0 unspecified atom stereocenters. The summed E-state index contributed by atoms with van der Waals surface area (Å²) in [5.74, 6) is 2.49. The van der Waals surface area contributed by atoms with E-state index < -0.39 is 0 Å². The van der Waals surface area contributed by atoms with Gasteiger partial charge in [0, 0.05) is 34.4 Å². The Balaban J connectivity index is 1.67. The van der Waals surface area contributed by atoms with Gasteiger partial charge in [-0.25, -0.2) is 0 Å². The van der Waals surface area contributed by atoms with E-state index in [1.807, 2.05) is 0 Å². The maximum atomic E-state index is 5.74. The van der Waals surface area contributed by atoms with Crippen molar-refractivity contribution in [1.82, 2.24) is 4.90 Å². The van der Waals surface area contributed by atoms with Crippen molar-refractivity contribution in [1.29, 1.82) is 0 Å². The van der Waals surface area contributed by atoms with Crippen LogP contribution in [0.4, 0.5) is 0 Å². The number of nitrogens with zero attached hydrogens (tertiary/aromatic N) is 1. The highest BCUT2D eigenvalue weighted by atomic mass is 32.1. The quantitative estimate of drug-likeness (QED) is 0.754. The first-order valence-electron chi connectivity index (χ1n) is 9.69. The Morgan fingerprint density at radius 1 is 1.19 bits per heavy atom. The summed E-state index contributed by atoms with van der Waals surface area (Å²) in [4.78, 5) is 5.84. The number of benzene rings is 1. The molecule has 0 bridgehead atoms. The van der Waals surface area contributed by atoms with Crippen LogP contribution in [0.5, 0.6) is 11.5 Å². The van der Waals surface area contributed by atoms with Crippen LogP contribution in [0.2, 0.25) is 0 Å². The average Bonchev–Trinajstić information content (AvgIpc) is 2.92. The van der Waals surface area contributed by atoms with E-state index in [2.05, 4.69) is 48.3 Å². The third-order valence-electron chi connectivity index (χ3n) is 5.72. The molecule has 2 aliphatic rings. The Morgan fingerprint density at radius 3 is 2.77 bits per heavy atom. The summed E-state index contributed by atoms with van der Waals surface area (Å²) in [5, 5.41) is 0. The van der Waals surface area contributed by atoms with Gasteiger partial charge < -0.3 is 9.47 Å². The fourth-order valence-corrected chi connectivity index (χ4v) is 5.97. The number of thiophene rings is 1. The van der Waals surface area contributed by atoms with Crippen LogP contribution in [0, 0.1) is 5.92 Å². The monoisotopic (exact) mass is 371 g/mol. The van der Waals surface area contributed by atoms with Crippen LogP contribution >= 0.6 is 11.3 Å². The standard InChI is InChI=1S/C22H29NO2S/c1-14(2)11-16-12-17-19-7-5-15-6-8-20(24-3)22(25-4)18(15)13-23(19)10-9-21(17)26-16/h6,8,12,14,19H,5,7,9-11,13H2,1-4H3/t19-/m0/s1. The third-order valence-corrected chi connectivity index (χ3v) is 6.95. The molecule has 0 saturated heterocycles.